The molecule has 0 saturated carbocycles. The Kier molecular flexibility index (Phi) is 9.85. The Morgan fingerprint density at radius 3 is 2.52 bits per heavy atom. The lowest BCUT2D eigenvalue weighted by Gasteiger charge is -2.47. The van der Waals surface area contributed by atoms with Crippen molar-refractivity contribution >= 4 is 34.2 Å². The normalized spacial score (nSPS) is 15.8. The molecule has 1 amide bonds. The van der Waals surface area contributed by atoms with Crippen LogP contribution in [-0.4, -0.2) is 61.6 Å². The molecule has 42 heavy (non-hydrogen) atoms. The van der Waals surface area contributed by atoms with Gasteiger partial charge in [-0.1, -0.05) is 31.0 Å². The van der Waals surface area contributed by atoms with Crippen LogP contribution in [0.25, 0.3) is 10.9 Å². The molecule has 2 fully saturated rings. The lowest BCUT2D eigenvalue weighted by Crippen LogP contribution is -2.52. The molecule has 9 heteroatoms. The lowest BCUT2D eigenvalue weighted by molar-refractivity contribution is -0.153. The summed E-state index contributed by atoms with van der Waals surface area (Å²) in [5.41, 5.74) is 1.80. The maximum Gasteiger partial charge on any atom is 0.222 e. The summed E-state index contributed by atoms with van der Waals surface area (Å²) < 4.78 is 23.2. The summed E-state index contributed by atoms with van der Waals surface area (Å²) in [6.07, 6.45) is 7.55. The molecule has 2 aromatic carbocycles. The monoisotopic (exact) mass is 594 g/mol. The Hall–Kier alpha value is -3.36. The molecule has 0 bridgehead atoms. The van der Waals surface area contributed by atoms with E-state index in [0.29, 0.717) is 71.2 Å². The van der Waals surface area contributed by atoms with Crippen LogP contribution >= 0.6 is 11.6 Å². The molecular formula is C33H39ClN2O6. The van der Waals surface area contributed by atoms with Gasteiger partial charge in [0.1, 0.15) is 17.3 Å². The van der Waals surface area contributed by atoms with Crippen LogP contribution in [0, 0.1) is 5.41 Å². The first-order chi connectivity index (χ1) is 20.4. The van der Waals surface area contributed by atoms with Gasteiger partial charge < -0.3 is 23.8 Å². The van der Waals surface area contributed by atoms with Crippen molar-refractivity contribution in [2.75, 3.05) is 40.0 Å². The molecule has 2 saturated heterocycles. The minimum absolute atomic E-state index is 0.179. The standard InChI is InChI=1S/C33H39ClN2O6/c1-3-4-6-24(37)17-23-8-9-25(18-27(23)34)42-29-10-13-35-28-20-31(30(39-2)19-26(28)29)41-16-5-7-32(38)36-14-11-33(12-15-36)21-40-22-33/h8-10,13,18-20H,3-7,11-12,14-17,21-22H2,1-2H3. The number of pyridine rings is 1. The predicted molar refractivity (Wildman–Crippen MR) is 162 cm³/mol. The Bertz CT molecular complexity index is 1410. The van der Waals surface area contributed by atoms with E-state index >= 15 is 0 Å². The number of ether oxygens (including phenoxy) is 4. The second-order valence-electron chi connectivity index (χ2n) is 11.3. The summed E-state index contributed by atoms with van der Waals surface area (Å²) in [5, 5.41) is 1.26. The molecule has 5 rings (SSSR count). The van der Waals surface area contributed by atoms with E-state index in [-0.39, 0.29) is 11.7 Å². The van der Waals surface area contributed by atoms with E-state index < -0.39 is 0 Å². The third-order valence-corrected chi connectivity index (χ3v) is 8.57. The summed E-state index contributed by atoms with van der Waals surface area (Å²) in [5.74, 6) is 2.63. The highest BCUT2D eigenvalue weighted by Gasteiger charge is 2.41. The third kappa shape index (κ3) is 7.16. The van der Waals surface area contributed by atoms with Crippen molar-refractivity contribution in [3.05, 3.63) is 53.2 Å². The second-order valence-corrected chi connectivity index (χ2v) is 11.7. The first-order valence-corrected chi connectivity index (χ1v) is 15.2. The van der Waals surface area contributed by atoms with Crippen molar-refractivity contribution in [3.63, 3.8) is 0 Å². The van der Waals surface area contributed by atoms with Crippen LogP contribution in [-0.2, 0) is 20.7 Å². The Balaban J connectivity index is 1.19. The number of benzene rings is 2. The van der Waals surface area contributed by atoms with Crippen LogP contribution in [0.1, 0.15) is 57.4 Å². The van der Waals surface area contributed by atoms with Gasteiger partial charge in [0.15, 0.2) is 11.5 Å². The molecule has 1 spiro atoms. The number of halogens is 1. The van der Waals surface area contributed by atoms with Crippen LogP contribution < -0.4 is 14.2 Å². The van der Waals surface area contributed by atoms with E-state index in [9.17, 15) is 9.59 Å². The summed E-state index contributed by atoms with van der Waals surface area (Å²) in [6, 6.07) is 10.8. The summed E-state index contributed by atoms with van der Waals surface area (Å²) >= 11 is 6.49. The van der Waals surface area contributed by atoms with E-state index in [1.807, 2.05) is 29.2 Å². The van der Waals surface area contributed by atoms with E-state index in [1.165, 1.54) is 0 Å². The first kappa shape index (κ1) is 30.1. The molecule has 0 N–H and O–H groups in total. The SMILES string of the molecule is CCCCC(=O)Cc1ccc(Oc2ccnc3cc(OCCCC(=O)N4CCC5(CC4)COC5)c(OC)cc23)cc1Cl. The molecule has 0 atom stereocenters. The van der Waals surface area contributed by atoms with Gasteiger partial charge in [-0.05, 0) is 55.5 Å². The van der Waals surface area contributed by atoms with Crippen LogP contribution in [0.15, 0.2) is 42.6 Å². The van der Waals surface area contributed by atoms with Crippen molar-refractivity contribution in [2.45, 2.75) is 58.3 Å². The van der Waals surface area contributed by atoms with E-state index in [2.05, 4.69) is 11.9 Å². The lowest BCUT2D eigenvalue weighted by atomic mass is 9.77. The second kappa shape index (κ2) is 13.7. The molecule has 2 aliphatic rings. The smallest absolute Gasteiger partial charge is 0.222 e. The van der Waals surface area contributed by atoms with Gasteiger partial charge >= 0.3 is 0 Å². The maximum absolute atomic E-state index is 12.7. The van der Waals surface area contributed by atoms with Gasteiger partial charge in [-0.3, -0.25) is 14.6 Å². The van der Waals surface area contributed by atoms with Gasteiger partial charge in [-0.25, -0.2) is 0 Å². The zero-order valence-corrected chi connectivity index (χ0v) is 25.2. The molecule has 2 aliphatic heterocycles. The number of carbonyl (C=O) groups excluding carboxylic acids is 2. The first-order valence-electron chi connectivity index (χ1n) is 14.8. The molecule has 8 nitrogen and oxygen atoms in total. The Morgan fingerprint density at radius 2 is 1.83 bits per heavy atom. The number of piperidine rings is 1. The van der Waals surface area contributed by atoms with Gasteiger partial charge in [0.25, 0.3) is 0 Å². The number of methoxy groups -OCH3 is 1. The average Bonchev–Trinajstić information content (AvgIpc) is 2.98. The number of hydrogen-bond acceptors (Lipinski definition) is 7. The van der Waals surface area contributed by atoms with Crippen LogP contribution in [0.2, 0.25) is 5.02 Å². The number of ketones is 1. The van der Waals surface area contributed by atoms with Gasteiger partial charge in [0.2, 0.25) is 5.91 Å². The zero-order chi connectivity index (χ0) is 29.5. The fourth-order valence-electron chi connectivity index (χ4n) is 5.50. The van der Waals surface area contributed by atoms with Gasteiger partial charge in [0, 0.05) is 60.4 Å². The number of carbonyl (C=O) groups is 2. The molecular weight excluding hydrogens is 556 g/mol. The van der Waals surface area contributed by atoms with E-state index in [4.69, 9.17) is 30.5 Å². The highest BCUT2D eigenvalue weighted by molar-refractivity contribution is 6.31. The minimum Gasteiger partial charge on any atom is -0.493 e. The fraction of sp³-hybridized carbons (Fsp3) is 0.485. The van der Waals surface area contributed by atoms with Crippen LogP contribution in [0.3, 0.4) is 0 Å². The van der Waals surface area contributed by atoms with Gasteiger partial charge in [0.05, 0.1) is 32.4 Å². The number of Topliss-reactive ketones (excluding diaryl/α,β-unsaturated/α-hetero) is 1. The van der Waals surface area contributed by atoms with Gasteiger partial charge in [-0.15, -0.1) is 0 Å². The highest BCUT2D eigenvalue weighted by atomic mass is 35.5. The number of unbranched alkanes of at least 4 members (excludes halogenated alkanes) is 1. The van der Waals surface area contributed by atoms with Crippen molar-refractivity contribution in [1.29, 1.82) is 0 Å². The summed E-state index contributed by atoms with van der Waals surface area (Å²) in [4.78, 5) is 31.4. The van der Waals surface area contributed by atoms with Crippen LogP contribution in [0.4, 0.5) is 0 Å². The van der Waals surface area contributed by atoms with E-state index in [0.717, 1.165) is 62.9 Å². The predicted octanol–water partition coefficient (Wildman–Crippen LogP) is 6.79. The van der Waals surface area contributed by atoms with E-state index in [1.54, 1.807) is 25.4 Å². The molecule has 0 radical (unpaired) electrons. The van der Waals surface area contributed by atoms with Crippen molar-refractivity contribution < 1.29 is 28.5 Å². The zero-order valence-electron chi connectivity index (χ0n) is 24.5. The summed E-state index contributed by atoms with van der Waals surface area (Å²) in [7, 11) is 1.59. The highest BCUT2D eigenvalue weighted by Crippen LogP contribution is 2.39. The fourth-order valence-corrected chi connectivity index (χ4v) is 5.74. The van der Waals surface area contributed by atoms with Crippen molar-refractivity contribution in [3.8, 4) is 23.0 Å². The molecule has 224 valence electrons. The Morgan fingerprint density at radius 1 is 1.02 bits per heavy atom. The quantitative estimate of drug-likeness (QED) is 0.201. The number of fused-ring (bicyclic) bond motifs is 1. The maximum atomic E-state index is 12.7. The number of rotatable bonds is 13. The van der Waals surface area contributed by atoms with Gasteiger partial charge in [-0.2, -0.15) is 0 Å². The van der Waals surface area contributed by atoms with Crippen molar-refractivity contribution in [1.82, 2.24) is 9.88 Å². The molecule has 0 unspecified atom stereocenters. The number of aromatic nitrogens is 1. The number of likely N-dealkylation sites (tertiary alicyclic amines) is 1. The topological polar surface area (TPSA) is 87.2 Å². The molecule has 3 heterocycles. The number of hydrogen-bond donors (Lipinski definition) is 0. The Labute approximate surface area is 252 Å². The molecule has 3 aromatic rings. The van der Waals surface area contributed by atoms with Crippen molar-refractivity contribution in [2.24, 2.45) is 5.41 Å². The van der Waals surface area contributed by atoms with Crippen LogP contribution in [0.5, 0.6) is 23.0 Å². The number of amides is 1. The minimum atomic E-state index is 0.179. The molecule has 1 aromatic heterocycles. The number of nitrogens with zero attached hydrogens (tertiary/aromatic N) is 2. The largest absolute Gasteiger partial charge is 0.493 e. The molecule has 0 aliphatic carbocycles. The average molecular weight is 595 g/mol. The third-order valence-electron chi connectivity index (χ3n) is 8.22. The summed E-state index contributed by atoms with van der Waals surface area (Å²) in [6.45, 7) is 5.76.